The minimum atomic E-state index is -0.314. The van der Waals surface area contributed by atoms with Gasteiger partial charge in [0.15, 0.2) is 5.75 Å². The summed E-state index contributed by atoms with van der Waals surface area (Å²) in [5, 5.41) is 16.1. The molecule has 1 aliphatic carbocycles. The lowest BCUT2D eigenvalue weighted by Gasteiger charge is -2.12. The van der Waals surface area contributed by atoms with E-state index < -0.39 is 0 Å². The Morgan fingerprint density at radius 1 is 1.17 bits per heavy atom. The predicted octanol–water partition coefficient (Wildman–Crippen LogP) is 5.23. The molecule has 1 aliphatic rings. The van der Waals surface area contributed by atoms with E-state index in [1.807, 2.05) is 24.3 Å². The van der Waals surface area contributed by atoms with Crippen LogP contribution in [0.25, 0.3) is 31.7 Å². The van der Waals surface area contributed by atoms with Crippen LogP contribution in [0.15, 0.2) is 47.3 Å². The van der Waals surface area contributed by atoms with Crippen molar-refractivity contribution in [2.24, 2.45) is 7.05 Å². The number of hydrogen-bond donors (Lipinski definition) is 1. The van der Waals surface area contributed by atoms with E-state index in [2.05, 4.69) is 23.3 Å². The van der Waals surface area contributed by atoms with Gasteiger partial charge in [0.2, 0.25) is 0 Å². The lowest BCUT2D eigenvalue weighted by molar-refractivity contribution is 0.416. The van der Waals surface area contributed by atoms with Crippen LogP contribution in [-0.2, 0) is 7.05 Å². The van der Waals surface area contributed by atoms with E-state index in [1.54, 1.807) is 32.4 Å². The van der Waals surface area contributed by atoms with Crippen LogP contribution in [0, 0.1) is 6.92 Å². The van der Waals surface area contributed by atoms with E-state index in [9.17, 15) is 9.90 Å². The van der Waals surface area contributed by atoms with E-state index in [-0.39, 0.29) is 11.3 Å². The van der Waals surface area contributed by atoms with Crippen molar-refractivity contribution in [1.82, 2.24) is 9.78 Å². The second kappa shape index (κ2) is 6.99. The van der Waals surface area contributed by atoms with E-state index >= 15 is 0 Å². The fourth-order valence-corrected chi connectivity index (χ4v) is 5.26. The van der Waals surface area contributed by atoms with Crippen LogP contribution in [0.2, 0.25) is 0 Å². The highest BCUT2D eigenvalue weighted by molar-refractivity contribution is 7.23. The predicted molar refractivity (Wildman–Crippen MR) is 121 cm³/mol. The van der Waals surface area contributed by atoms with Crippen LogP contribution in [0.3, 0.4) is 0 Å². The van der Waals surface area contributed by atoms with Gasteiger partial charge in [-0.1, -0.05) is 18.2 Å². The Hall–Kier alpha value is -3.12. The molecule has 5 rings (SSSR count). The Balaban J connectivity index is 1.92. The molecule has 2 heterocycles. The topological polar surface area (TPSA) is 64.3 Å². The third-order valence-corrected chi connectivity index (χ3v) is 6.95. The van der Waals surface area contributed by atoms with Gasteiger partial charge in [-0.25, -0.2) is 4.68 Å². The number of nitrogens with zero attached hydrogens (tertiary/aromatic N) is 2. The van der Waals surface area contributed by atoms with Gasteiger partial charge in [0.25, 0.3) is 5.56 Å². The second-order valence-electron chi connectivity index (χ2n) is 7.77. The van der Waals surface area contributed by atoms with Gasteiger partial charge in [-0.3, -0.25) is 4.79 Å². The molecule has 152 valence electrons. The van der Waals surface area contributed by atoms with Crippen LogP contribution in [0.4, 0.5) is 0 Å². The molecule has 0 atom stereocenters. The highest BCUT2D eigenvalue weighted by atomic mass is 32.1. The van der Waals surface area contributed by atoms with E-state index in [4.69, 9.17) is 4.74 Å². The van der Waals surface area contributed by atoms with E-state index in [0.717, 1.165) is 31.8 Å². The van der Waals surface area contributed by atoms with E-state index in [1.165, 1.54) is 23.1 Å². The Kier molecular flexibility index (Phi) is 4.40. The number of methoxy groups -OCH3 is 1. The number of hydrogen-bond acceptors (Lipinski definition) is 5. The zero-order chi connectivity index (χ0) is 21.0. The molecule has 0 aliphatic heterocycles. The summed E-state index contributed by atoms with van der Waals surface area (Å²) in [5.74, 6) is 1.26. The van der Waals surface area contributed by atoms with Crippen LogP contribution < -0.4 is 10.3 Å². The van der Waals surface area contributed by atoms with Crippen LogP contribution >= 0.6 is 11.3 Å². The third kappa shape index (κ3) is 2.91. The molecule has 6 heteroatoms. The van der Waals surface area contributed by atoms with Gasteiger partial charge in [0, 0.05) is 33.1 Å². The molecule has 4 aromatic rings. The molecule has 1 saturated carbocycles. The Morgan fingerprint density at radius 2 is 1.93 bits per heavy atom. The number of para-hydroxylation sites is 1. The Labute approximate surface area is 178 Å². The quantitative estimate of drug-likeness (QED) is 0.493. The van der Waals surface area contributed by atoms with Gasteiger partial charge in [-0.15, -0.1) is 11.3 Å². The molecule has 1 fully saturated rings. The maximum atomic E-state index is 13.2. The summed E-state index contributed by atoms with van der Waals surface area (Å²) in [4.78, 5) is 14.1. The standard InChI is InChI=1S/C24H22N2O3S/c1-13-22(27)21(24(28)26(2)25-13)20-17-12-15(14-8-9-14)10-11-19(17)30-23(20)16-6-4-5-7-18(16)29-3/h4-7,10-12,14,27H,8-9H2,1-3H3. The van der Waals surface area contributed by atoms with Crippen LogP contribution in [-0.4, -0.2) is 22.0 Å². The molecule has 0 spiro atoms. The Bertz CT molecular complexity index is 1350. The maximum Gasteiger partial charge on any atom is 0.278 e. The number of aromatic hydroxyl groups is 1. The van der Waals surface area contributed by atoms with Gasteiger partial charge in [0.1, 0.15) is 11.4 Å². The van der Waals surface area contributed by atoms with Gasteiger partial charge in [-0.05, 0) is 55.5 Å². The highest BCUT2D eigenvalue weighted by Crippen LogP contribution is 2.50. The largest absolute Gasteiger partial charge is 0.505 e. The third-order valence-electron chi connectivity index (χ3n) is 5.75. The van der Waals surface area contributed by atoms with Gasteiger partial charge >= 0.3 is 0 Å². The zero-order valence-corrected chi connectivity index (χ0v) is 17.9. The normalized spacial score (nSPS) is 13.7. The number of fused-ring (bicyclic) bond motifs is 1. The molecule has 0 saturated heterocycles. The van der Waals surface area contributed by atoms with E-state index in [0.29, 0.717) is 17.2 Å². The number of ether oxygens (including phenoxy) is 1. The van der Waals surface area contributed by atoms with Gasteiger partial charge < -0.3 is 9.84 Å². The lowest BCUT2D eigenvalue weighted by atomic mass is 9.96. The van der Waals surface area contributed by atoms with Crippen molar-refractivity contribution in [2.75, 3.05) is 7.11 Å². The van der Waals surface area contributed by atoms with Crippen molar-refractivity contribution in [3.05, 3.63) is 64.1 Å². The van der Waals surface area contributed by atoms with Crippen LogP contribution in [0.5, 0.6) is 11.5 Å². The zero-order valence-electron chi connectivity index (χ0n) is 17.1. The van der Waals surface area contributed by atoms with Gasteiger partial charge in [-0.2, -0.15) is 5.10 Å². The number of rotatable bonds is 4. The minimum absolute atomic E-state index is 0.0641. The molecule has 0 amide bonds. The molecule has 2 aromatic carbocycles. The summed E-state index contributed by atoms with van der Waals surface area (Å²) in [6.07, 6.45) is 2.40. The Morgan fingerprint density at radius 3 is 2.67 bits per heavy atom. The molecule has 5 nitrogen and oxygen atoms in total. The molecule has 2 aromatic heterocycles. The average molecular weight is 419 g/mol. The molecule has 0 unspecified atom stereocenters. The van der Waals surface area contributed by atoms with Crippen molar-refractivity contribution < 1.29 is 9.84 Å². The number of thiophene rings is 1. The molecule has 30 heavy (non-hydrogen) atoms. The monoisotopic (exact) mass is 418 g/mol. The summed E-state index contributed by atoms with van der Waals surface area (Å²) in [6.45, 7) is 1.71. The fraction of sp³-hybridized carbons (Fsp3) is 0.250. The van der Waals surface area contributed by atoms with Crippen molar-refractivity contribution in [2.45, 2.75) is 25.7 Å². The summed E-state index contributed by atoms with van der Waals surface area (Å²) in [6, 6.07) is 14.3. The molecular formula is C24H22N2O3S. The molecule has 0 radical (unpaired) electrons. The first-order valence-electron chi connectivity index (χ1n) is 9.96. The maximum absolute atomic E-state index is 13.2. The number of benzene rings is 2. The van der Waals surface area contributed by atoms with Crippen molar-refractivity contribution >= 4 is 21.4 Å². The first-order valence-corrected chi connectivity index (χ1v) is 10.8. The molecular weight excluding hydrogens is 396 g/mol. The number of aryl methyl sites for hydroxylation is 2. The molecule has 1 N–H and O–H groups in total. The summed E-state index contributed by atoms with van der Waals surface area (Å²) >= 11 is 1.61. The first kappa shape index (κ1) is 18.9. The summed E-state index contributed by atoms with van der Waals surface area (Å²) in [7, 11) is 3.26. The second-order valence-corrected chi connectivity index (χ2v) is 8.83. The van der Waals surface area contributed by atoms with Crippen molar-refractivity contribution in [3.63, 3.8) is 0 Å². The van der Waals surface area contributed by atoms with Crippen molar-refractivity contribution in [1.29, 1.82) is 0 Å². The van der Waals surface area contributed by atoms with Crippen LogP contribution in [0.1, 0.15) is 30.0 Å². The van der Waals surface area contributed by atoms with Crippen molar-refractivity contribution in [3.8, 4) is 33.1 Å². The average Bonchev–Trinajstić information content (AvgIpc) is 3.54. The highest BCUT2D eigenvalue weighted by Gasteiger charge is 2.28. The lowest BCUT2D eigenvalue weighted by Crippen LogP contribution is -2.22. The smallest absolute Gasteiger partial charge is 0.278 e. The first-order chi connectivity index (χ1) is 14.5. The minimum Gasteiger partial charge on any atom is -0.505 e. The SMILES string of the molecule is COc1ccccc1-c1sc2ccc(C3CC3)cc2c1-c1c(O)c(C)nn(C)c1=O. The summed E-state index contributed by atoms with van der Waals surface area (Å²) < 4.78 is 7.99. The molecule has 0 bridgehead atoms. The van der Waals surface area contributed by atoms with Gasteiger partial charge in [0.05, 0.1) is 12.7 Å². The number of aromatic nitrogens is 2. The summed E-state index contributed by atoms with van der Waals surface area (Å²) in [5.41, 5.74) is 3.35. The fourth-order valence-electron chi connectivity index (χ4n) is 4.04.